The third kappa shape index (κ3) is 1.95. The number of amides is 1. The maximum absolute atomic E-state index is 12.4. The summed E-state index contributed by atoms with van der Waals surface area (Å²) in [7, 11) is 1.33. The van der Waals surface area contributed by atoms with Crippen LogP contribution >= 0.6 is 0 Å². The van der Waals surface area contributed by atoms with E-state index in [9.17, 15) is 9.59 Å². The number of methoxy groups -OCH3 is 1. The Balaban J connectivity index is 1.97. The molecule has 0 unspecified atom stereocenters. The van der Waals surface area contributed by atoms with Gasteiger partial charge >= 0.3 is 5.97 Å². The van der Waals surface area contributed by atoms with Crippen LogP contribution in [-0.4, -0.2) is 19.0 Å². The van der Waals surface area contributed by atoms with Crippen molar-refractivity contribution < 1.29 is 14.3 Å². The maximum Gasteiger partial charge on any atom is 0.337 e. The summed E-state index contributed by atoms with van der Waals surface area (Å²) in [5, 5.41) is 0. The van der Waals surface area contributed by atoms with Crippen LogP contribution in [0.2, 0.25) is 0 Å². The van der Waals surface area contributed by atoms with E-state index in [1.165, 1.54) is 7.11 Å². The molecule has 1 amide bonds. The number of nitrogens with zero attached hydrogens (tertiary/aromatic N) is 1. The molecule has 1 aliphatic rings. The summed E-state index contributed by atoms with van der Waals surface area (Å²) in [6, 6.07) is 14.6. The molecule has 0 N–H and O–H groups in total. The molecule has 0 saturated carbocycles. The molecule has 0 saturated heterocycles. The second kappa shape index (κ2) is 4.81. The van der Waals surface area contributed by atoms with E-state index >= 15 is 0 Å². The van der Waals surface area contributed by atoms with E-state index in [1.54, 1.807) is 17.0 Å². The quantitative estimate of drug-likeness (QED) is 0.786. The van der Waals surface area contributed by atoms with Crippen molar-refractivity contribution in [1.29, 1.82) is 0 Å². The molecule has 3 rings (SSSR count). The molecule has 1 heterocycles. The molecule has 4 heteroatoms. The van der Waals surface area contributed by atoms with Gasteiger partial charge in [0.15, 0.2) is 0 Å². The van der Waals surface area contributed by atoms with Crippen molar-refractivity contribution in [3.8, 4) is 0 Å². The monoisotopic (exact) mass is 267 g/mol. The number of hydrogen-bond acceptors (Lipinski definition) is 3. The molecule has 0 aliphatic carbocycles. The van der Waals surface area contributed by atoms with Crippen LogP contribution in [0.15, 0.2) is 48.5 Å². The predicted molar refractivity (Wildman–Crippen MR) is 74.7 cm³/mol. The first-order chi connectivity index (χ1) is 9.70. The number of rotatable bonds is 2. The number of hydrogen-bond donors (Lipinski definition) is 0. The highest BCUT2D eigenvalue weighted by atomic mass is 16.5. The lowest BCUT2D eigenvalue weighted by molar-refractivity contribution is 0.0600. The molecule has 2 aromatic carbocycles. The van der Waals surface area contributed by atoms with E-state index in [0.717, 1.165) is 11.3 Å². The standard InChI is InChI=1S/C16H13NO3/c1-20-16(19)11-7-8-12-10-17(15(18)14(12)9-11)13-5-3-2-4-6-13/h2-9H,10H2,1H3. The minimum absolute atomic E-state index is 0.0862. The van der Waals surface area contributed by atoms with E-state index in [1.807, 2.05) is 36.4 Å². The van der Waals surface area contributed by atoms with Crippen molar-refractivity contribution in [1.82, 2.24) is 0 Å². The smallest absolute Gasteiger partial charge is 0.337 e. The van der Waals surface area contributed by atoms with Crippen molar-refractivity contribution in [3.63, 3.8) is 0 Å². The van der Waals surface area contributed by atoms with Gasteiger partial charge in [-0.05, 0) is 29.8 Å². The average molecular weight is 267 g/mol. The van der Waals surface area contributed by atoms with Crippen LogP contribution in [0.3, 0.4) is 0 Å². The number of esters is 1. The Hall–Kier alpha value is -2.62. The topological polar surface area (TPSA) is 46.6 Å². The molecule has 4 nitrogen and oxygen atoms in total. The van der Waals surface area contributed by atoms with Crippen LogP contribution in [0.4, 0.5) is 5.69 Å². The second-order valence-corrected chi connectivity index (χ2v) is 4.59. The summed E-state index contributed by atoms with van der Waals surface area (Å²) in [6.45, 7) is 0.527. The average Bonchev–Trinajstić information content (AvgIpc) is 2.84. The zero-order valence-electron chi connectivity index (χ0n) is 11.0. The van der Waals surface area contributed by atoms with Gasteiger partial charge in [-0.3, -0.25) is 4.79 Å². The number of benzene rings is 2. The van der Waals surface area contributed by atoms with Gasteiger partial charge in [-0.1, -0.05) is 24.3 Å². The number of anilines is 1. The lowest BCUT2D eigenvalue weighted by Crippen LogP contribution is -2.22. The molecule has 100 valence electrons. The summed E-state index contributed by atoms with van der Waals surface area (Å²) in [4.78, 5) is 25.7. The summed E-state index contributed by atoms with van der Waals surface area (Å²) in [5.41, 5.74) is 2.74. The number of carbonyl (C=O) groups is 2. The van der Waals surface area contributed by atoms with Gasteiger partial charge in [-0.2, -0.15) is 0 Å². The fraction of sp³-hybridized carbons (Fsp3) is 0.125. The number of ether oxygens (including phenoxy) is 1. The van der Waals surface area contributed by atoms with E-state index in [2.05, 4.69) is 4.74 Å². The Bertz CT molecular complexity index is 679. The van der Waals surface area contributed by atoms with Gasteiger partial charge in [-0.15, -0.1) is 0 Å². The van der Waals surface area contributed by atoms with E-state index in [-0.39, 0.29) is 5.91 Å². The molecule has 0 fully saturated rings. The zero-order valence-corrected chi connectivity index (χ0v) is 11.0. The third-order valence-electron chi connectivity index (χ3n) is 3.40. The SMILES string of the molecule is COC(=O)c1ccc2c(c1)C(=O)N(c1ccccc1)C2. The van der Waals surface area contributed by atoms with E-state index < -0.39 is 5.97 Å². The molecule has 0 atom stereocenters. The summed E-state index contributed by atoms with van der Waals surface area (Å²) >= 11 is 0. The van der Waals surface area contributed by atoms with Gasteiger partial charge < -0.3 is 9.64 Å². The largest absolute Gasteiger partial charge is 0.465 e. The highest BCUT2D eigenvalue weighted by Crippen LogP contribution is 2.28. The molecule has 2 aromatic rings. The van der Waals surface area contributed by atoms with Crippen molar-refractivity contribution >= 4 is 17.6 Å². The molecule has 20 heavy (non-hydrogen) atoms. The fourth-order valence-electron chi connectivity index (χ4n) is 2.36. The summed E-state index contributed by atoms with van der Waals surface area (Å²) in [5.74, 6) is -0.518. The maximum atomic E-state index is 12.4. The lowest BCUT2D eigenvalue weighted by Gasteiger charge is -2.15. The zero-order chi connectivity index (χ0) is 14.1. The van der Waals surface area contributed by atoms with Gasteiger partial charge in [0, 0.05) is 11.3 Å². The van der Waals surface area contributed by atoms with Crippen molar-refractivity contribution in [3.05, 3.63) is 65.2 Å². The van der Waals surface area contributed by atoms with Gasteiger partial charge in [0.25, 0.3) is 5.91 Å². The summed E-state index contributed by atoms with van der Waals surface area (Å²) in [6.07, 6.45) is 0. The Morgan fingerprint density at radius 1 is 1.15 bits per heavy atom. The van der Waals surface area contributed by atoms with E-state index in [0.29, 0.717) is 17.7 Å². The van der Waals surface area contributed by atoms with Gasteiger partial charge in [0.1, 0.15) is 0 Å². The van der Waals surface area contributed by atoms with Gasteiger partial charge in [-0.25, -0.2) is 4.79 Å². The first kappa shape index (κ1) is 12.4. The van der Waals surface area contributed by atoms with Crippen LogP contribution in [0.25, 0.3) is 0 Å². The minimum Gasteiger partial charge on any atom is -0.465 e. The van der Waals surface area contributed by atoms with Crippen LogP contribution in [0.1, 0.15) is 26.3 Å². The molecule has 0 bridgehead atoms. The molecule has 0 spiro atoms. The number of fused-ring (bicyclic) bond motifs is 1. The normalized spacial score (nSPS) is 13.2. The number of para-hydroxylation sites is 1. The van der Waals surface area contributed by atoms with Crippen LogP contribution in [0, 0.1) is 0 Å². The Morgan fingerprint density at radius 3 is 2.60 bits per heavy atom. The third-order valence-corrected chi connectivity index (χ3v) is 3.40. The van der Waals surface area contributed by atoms with Crippen molar-refractivity contribution in [2.75, 3.05) is 12.0 Å². The molecule has 1 aliphatic heterocycles. The van der Waals surface area contributed by atoms with Gasteiger partial charge in [0.05, 0.1) is 19.2 Å². The highest BCUT2D eigenvalue weighted by Gasteiger charge is 2.29. The Labute approximate surface area is 116 Å². The molecule has 0 aromatic heterocycles. The Kier molecular flexibility index (Phi) is 2.99. The van der Waals surface area contributed by atoms with Gasteiger partial charge in [0.2, 0.25) is 0 Å². The second-order valence-electron chi connectivity index (χ2n) is 4.59. The van der Waals surface area contributed by atoms with Crippen molar-refractivity contribution in [2.24, 2.45) is 0 Å². The fourth-order valence-corrected chi connectivity index (χ4v) is 2.36. The first-order valence-electron chi connectivity index (χ1n) is 6.29. The molecular weight excluding hydrogens is 254 g/mol. The lowest BCUT2D eigenvalue weighted by atomic mass is 10.1. The highest BCUT2D eigenvalue weighted by molar-refractivity contribution is 6.11. The Morgan fingerprint density at radius 2 is 1.90 bits per heavy atom. The molecule has 0 radical (unpaired) electrons. The van der Waals surface area contributed by atoms with Crippen LogP contribution in [0.5, 0.6) is 0 Å². The minimum atomic E-state index is -0.432. The first-order valence-corrected chi connectivity index (χ1v) is 6.29. The van der Waals surface area contributed by atoms with E-state index in [4.69, 9.17) is 0 Å². The molecular formula is C16H13NO3. The number of carbonyl (C=O) groups excluding carboxylic acids is 2. The van der Waals surface area contributed by atoms with Crippen LogP contribution < -0.4 is 4.90 Å². The summed E-state index contributed by atoms with van der Waals surface area (Å²) < 4.78 is 4.68. The van der Waals surface area contributed by atoms with Crippen LogP contribution in [-0.2, 0) is 11.3 Å². The van der Waals surface area contributed by atoms with Crippen molar-refractivity contribution in [2.45, 2.75) is 6.54 Å². The predicted octanol–water partition coefficient (Wildman–Crippen LogP) is 2.63.